The second kappa shape index (κ2) is 4.83. The van der Waals surface area contributed by atoms with Crippen LogP contribution in [0.25, 0.3) is 11.2 Å². The van der Waals surface area contributed by atoms with E-state index in [0.29, 0.717) is 16.8 Å². The molecule has 5 N–H and O–H groups in total. The Morgan fingerprint density at radius 1 is 1.40 bits per heavy atom. The molecule has 2 aromatic rings. The zero-order valence-electron chi connectivity index (χ0n) is 10.5. The molecule has 3 unspecified atom stereocenters. The Kier molecular flexibility index (Phi) is 3.27. The zero-order chi connectivity index (χ0) is 14.4. The van der Waals surface area contributed by atoms with Crippen LogP contribution in [0.5, 0.6) is 0 Å². The second-order valence-electron chi connectivity index (χ2n) is 4.97. The molecule has 1 fully saturated rings. The quantitative estimate of drug-likeness (QED) is 0.562. The summed E-state index contributed by atoms with van der Waals surface area (Å²) >= 11 is 3.32. The van der Waals surface area contributed by atoms with E-state index < -0.39 is 5.56 Å². The third-order valence-corrected chi connectivity index (χ3v) is 4.51. The van der Waals surface area contributed by atoms with Crippen molar-refractivity contribution in [2.24, 2.45) is 11.8 Å². The molecular formula is C11H14BrN5O3. The highest BCUT2D eigenvalue weighted by Gasteiger charge is 2.43. The average molecular weight is 344 g/mol. The Balaban J connectivity index is 2.13. The molecule has 2 heterocycles. The standard InChI is InChI=1S/C11H14BrN5O3/c12-10-14-7-8(15-11(13)16-9(7)20)17(10)6-1-4(2-18)5(6)3-19/h4-6,18-19H,1-3H2,(H3,13,15,16,20). The lowest BCUT2D eigenvalue weighted by atomic mass is 9.70. The van der Waals surface area contributed by atoms with Gasteiger partial charge in [0.15, 0.2) is 15.9 Å². The van der Waals surface area contributed by atoms with Crippen molar-refractivity contribution in [2.75, 3.05) is 18.9 Å². The largest absolute Gasteiger partial charge is 0.396 e. The average Bonchev–Trinajstić information content (AvgIpc) is 2.67. The topological polar surface area (TPSA) is 130 Å². The van der Waals surface area contributed by atoms with Crippen LogP contribution in [0.1, 0.15) is 12.5 Å². The van der Waals surface area contributed by atoms with Crippen LogP contribution in [0.2, 0.25) is 0 Å². The number of aliphatic hydroxyl groups excluding tert-OH is 2. The fourth-order valence-corrected chi connectivity index (χ4v) is 3.43. The molecule has 0 aromatic carbocycles. The fraction of sp³-hybridized carbons (Fsp3) is 0.545. The third-order valence-electron chi connectivity index (χ3n) is 3.95. The molecule has 0 spiro atoms. The highest BCUT2D eigenvalue weighted by molar-refractivity contribution is 9.10. The number of aliphatic hydroxyl groups is 2. The second-order valence-corrected chi connectivity index (χ2v) is 5.68. The lowest BCUT2D eigenvalue weighted by Gasteiger charge is -2.43. The van der Waals surface area contributed by atoms with Crippen LogP contribution in [0, 0.1) is 11.8 Å². The monoisotopic (exact) mass is 343 g/mol. The number of hydrogen-bond acceptors (Lipinski definition) is 6. The Morgan fingerprint density at radius 2 is 2.15 bits per heavy atom. The fourth-order valence-electron chi connectivity index (χ4n) is 2.82. The normalized spacial score (nSPS) is 25.9. The molecule has 0 amide bonds. The van der Waals surface area contributed by atoms with Crippen molar-refractivity contribution in [3.63, 3.8) is 0 Å². The maximum Gasteiger partial charge on any atom is 0.280 e. The summed E-state index contributed by atoms with van der Waals surface area (Å²) < 4.78 is 2.23. The number of fused-ring (bicyclic) bond motifs is 1. The number of nitrogens with one attached hydrogen (secondary N) is 1. The first-order valence-electron chi connectivity index (χ1n) is 6.21. The summed E-state index contributed by atoms with van der Waals surface area (Å²) in [7, 11) is 0. The van der Waals surface area contributed by atoms with Crippen LogP contribution in [-0.4, -0.2) is 42.9 Å². The Bertz CT molecular complexity index is 712. The third kappa shape index (κ3) is 1.85. The molecule has 3 atom stereocenters. The van der Waals surface area contributed by atoms with E-state index in [4.69, 9.17) is 5.73 Å². The van der Waals surface area contributed by atoms with Gasteiger partial charge in [0.05, 0.1) is 0 Å². The van der Waals surface area contributed by atoms with Crippen LogP contribution < -0.4 is 11.3 Å². The zero-order valence-corrected chi connectivity index (χ0v) is 12.0. The highest BCUT2D eigenvalue weighted by atomic mass is 79.9. The first-order chi connectivity index (χ1) is 9.56. The molecule has 0 bridgehead atoms. The first kappa shape index (κ1) is 13.5. The van der Waals surface area contributed by atoms with Crippen molar-refractivity contribution in [2.45, 2.75) is 12.5 Å². The van der Waals surface area contributed by atoms with Gasteiger partial charge >= 0.3 is 0 Å². The van der Waals surface area contributed by atoms with E-state index >= 15 is 0 Å². The van der Waals surface area contributed by atoms with Gasteiger partial charge in [0.1, 0.15) is 0 Å². The van der Waals surface area contributed by atoms with Gasteiger partial charge in [-0.1, -0.05) is 0 Å². The lowest BCUT2D eigenvalue weighted by Crippen LogP contribution is -2.42. The summed E-state index contributed by atoms with van der Waals surface area (Å²) in [6.07, 6.45) is 0.695. The number of aromatic amines is 1. The summed E-state index contributed by atoms with van der Waals surface area (Å²) in [6.45, 7) is -0.0111. The summed E-state index contributed by atoms with van der Waals surface area (Å²) in [5.74, 6) is -0.0144. The van der Waals surface area contributed by atoms with E-state index in [1.807, 2.05) is 0 Å². The molecule has 0 saturated heterocycles. The van der Waals surface area contributed by atoms with Gasteiger partial charge < -0.3 is 15.9 Å². The van der Waals surface area contributed by atoms with E-state index in [1.165, 1.54) is 0 Å². The van der Waals surface area contributed by atoms with Gasteiger partial charge in [0, 0.05) is 25.2 Å². The minimum atomic E-state index is -0.398. The van der Waals surface area contributed by atoms with Gasteiger partial charge in [0.2, 0.25) is 5.95 Å². The van der Waals surface area contributed by atoms with Crippen LogP contribution in [-0.2, 0) is 0 Å². The van der Waals surface area contributed by atoms with E-state index in [2.05, 4.69) is 30.9 Å². The molecule has 8 nitrogen and oxygen atoms in total. The van der Waals surface area contributed by atoms with Crippen molar-refractivity contribution in [3.05, 3.63) is 15.1 Å². The number of anilines is 1. The molecule has 9 heteroatoms. The smallest absolute Gasteiger partial charge is 0.280 e. The maximum atomic E-state index is 11.8. The van der Waals surface area contributed by atoms with Crippen molar-refractivity contribution >= 4 is 33.0 Å². The molecule has 1 saturated carbocycles. The van der Waals surface area contributed by atoms with Gasteiger partial charge in [-0.25, -0.2) is 4.98 Å². The van der Waals surface area contributed by atoms with Gasteiger partial charge in [-0.2, -0.15) is 4.98 Å². The van der Waals surface area contributed by atoms with Crippen LogP contribution in [0.4, 0.5) is 5.95 Å². The highest BCUT2D eigenvalue weighted by Crippen LogP contribution is 2.45. The van der Waals surface area contributed by atoms with Crippen LogP contribution in [0.3, 0.4) is 0 Å². The van der Waals surface area contributed by atoms with Crippen LogP contribution >= 0.6 is 15.9 Å². The number of nitrogens with two attached hydrogens (primary N) is 1. The predicted molar refractivity (Wildman–Crippen MR) is 75.1 cm³/mol. The minimum Gasteiger partial charge on any atom is -0.396 e. The minimum absolute atomic E-state index is 0.0229. The number of H-pyrrole nitrogens is 1. The number of hydrogen-bond donors (Lipinski definition) is 4. The van der Waals surface area contributed by atoms with Gasteiger partial charge in [-0.15, -0.1) is 0 Å². The number of aromatic nitrogens is 4. The summed E-state index contributed by atoms with van der Waals surface area (Å²) in [5.41, 5.74) is 5.76. The molecule has 0 radical (unpaired) electrons. The van der Waals surface area contributed by atoms with E-state index in [9.17, 15) is 15.0 Å². The molecular weight excluding hydrogens is 330 g/mol. The molecule has 108 valence electrons. The lowest BCUT2D eigenvalue weighted by molar-refractivity contribution is -0.00616. The predicted octanol–water partition coefficient (Wildman–Crippen LogP) is -0.374. The number of rotatable bonds is 3. The van der Waals surface area contributed by atoms with E-state index in [1.54, 1.807) is 4.57 Å². The van der Waals surface area contributed by atoms with Crippen molar-refractivity contribution < 1.29 is 10.2 Å². The number of nitrogens with zero attached hydrogens (tertiary/aromatic N) is 3. The Hall–Kier alpha value is -1.45. The molecule has 1 aliphatic rings. The summed E-state index contributed by atoms with van der Waals surface area (Å²) in [6, 6.07) is -0.0646. The van der Waals surface area contributed by atoms with E-state index in [0.717, 1.165) is 0 Å². The van der Waals surface area contributed by atoms with Crippen molar-refractivity contribution in [1.82, 2.24) is 19.5 Å². The molecule has 0 aliphatic heterocycles. The van der Waals surface area contributed by atoms with Crippen LogP contribution in [0.15, 0.2) is 9.53 Å². The SMILES string of the molecule is Nc1nc2c(nc(Br)n2C2CC(CO)C2CO)c(=O)[nH]1. The van der Waals surface area contributed by atoms with Gasteiger partial charge in [-0.05, 0) is 28.3 Å². The number of halogens is 1. The Labute approximate surface area is 121 Å². The van der Waals surface area contributed by atoms with E-state index in [-0.39, 0.29) is 42.6 Å². The first-order valence-corrected chi connectivity index (χ1v) is 7.01. The molecule has 1 aliphatic carbocycles. The number of nitrogen functional groups attached to an aromatic ring is 1. The van der Waals surface area contributed by atoms with Gasteiger partial charge in [-0.3, -0.25) is 14.3 Å². The molecule has 20 heavy (non-hydrogen) atoms. The van der Waals surface area contributed by atoms with Crippen molar-refractivity contribution in [1.29, 1.82) is 0 Å². The summed E-state index contributed by atoms with van der Waals surface area (Å²) in [4.78, 5) is 22.5. The number of imidazole rings is 1. The summed E-state index contributed by atoms with van der Waals surface area (Å²) in [5, 5.41) is 18.7. The molecule has 3 rings (SSSR count). The van der Waals surface area contributed by atoms with Gasteiger partial charge in [0.25, 0.3) is 5.56 Å². The maximum absolute atomic E-state index is 11.8. The Morgan fingerprint density at radius 3 is 2.80 bits per heavy atom. The van der Waals surface area contributed by atoms with Crippen molar-refractivity contribution in [3.8, 4) is 0 Å². The molecule has 2 aromatic heterocycles.